The standard InChI is InChI=1S/C76H70N2O3/c1-75(2,3)63-33-17-29-57-59-31-19-35-65(73(59)80-71(57)63)77(51-41-37-49(38-42-51)47-21-9-7-10-22-47)67-45-61-62-46-68(54-26-14-16-28-56(54)70(62)79-69(61)55-27-15-13-25-53(55)67)78(52-43-39-50(40-44-52)48-23-11-8-12-24-48)66-36-20-32-60-58-30-18-34-64(76(4,5)6)72(58)81-74(60)66/h13-20,25-48H,7-12,21-24H2,1-6H3. The lowest BCUT2D eigenvalue weighted by Crippen LogP contribution is -2.12. The third-order valence-corrected chi connectivity index (χ3v) is 18.5. The van der Waals surface area contributed by atoms with Gasteiger partial charge in [0.25, 0.3) is 0 Å². The molecule has 0 spiro atoms. The van der Waals surface area contributed by atoms with Crippen LogP contribution in [0.3, 0.4) is 0 Å². The number of benzene rings is 10. The highest BCUT2D eigenvalue weighted by atomic mass is 16.3. The molecule has 0 amide bonds. The predicted octanol–water partition coefficient (Wildman–Crippen LogP) is 23.3. The first kappa shape index (κ1) is 49.7. The largest absolute Gasteiger partial charge is 0.455 e. The Hall–Kier alpha value is -8.28. The molecule has 3 aromatic heterocycles. The highest BCUT2D eigenvalue weighted by molar-refractivity contribution is 6.26. The quantitative estimate of drug-likeness (QED) is 0.152. The number of para-hydroxylation sites is 4. The molecule has 0 atom stereocenters. The van der Waals surface area contributed by atoms with E-state index >= 15 is 0 Å². The van der Waals surface area contributed by atoms with Gasteiger partial charge in [-0.15, -0.1) is 0 Å². The third kappa shape index (κ3) is 8.24. The van der Waals surface area contributed by atoms with Crippen molar-refractivity contribution >= 4 is 121 Å². The SMILES string of the molecule is CC(C)(C)c1cccc2c1oc1c(N(c3ccc(C4CCCCC4)cc3)c3cc4c5cc(N(c6ccc(C7CCCCC7)cc6)c6cccc7c6oc6c(C(C)(C)C)cccc67)c6ccccc6c5oc4c4ccccc34)cccc12. The molecule has 81 heavy (non-hydrogen) atoms. The van der Waals surface area contributed by atoms with Gasteiger partial charge >= 0.3 is 0 Å². The molecule has 13 aromatic rings. The maximum Gasteiger partial charge on any atom is 0.159 e. The van der Waals surface area contributed by atoms with E-state index in [9.17, 15) is 0 Å². The van der Waals surface area contributed by atoms with Crippen LogP contribution in [0.25, 0.3) is 87.4 Å². The Labute approximate surface area is 474 Å². The highest BCUT2D eigenvalue weighted by Gasteiger charge is 2.30. The zero-order valence-corrected chi connectivity index (χ0v) is 47.7. The maximum atomic E-state index is 7.37. The first-order chi connectivity index (χ1) is 39.5. The van der Waals surface area contributed by atoms with Gasteiger partial charge in [-0.2, -0.15) is 0 Å². The Bertz CT molecular complexity index is 4270. The minimum Gasteiger partial charge on any atom is -0.455 e. The lowest BCUT2D eigenvalue weighted by molar-refractivity contribution is 0.443. The highest BCUT2D eigenvalue weighted by Crippen LogP contribution is 2.53. The lowest BCUT2D eigenvalue weighted by Gasteiger charge is -2.28. The van der Waals surface area contributed by atoms with Crippen LogP contribution in [0, 0.1) is 0 Å². The van der Waals surface area contributed by atoms with E-state index < -0.39 is 0 Å². The van der Waals surface area contributed by atoms with Crippen LogP contribution in [-0.2, 0) is 10.8 Å². The third-order valence-electron chi connectivity index (χ3n) is 18.5. The van der Waals surface area contributed by atoms with Crippen LogP contribution in [0.2, 0.25) is 0 Å². The van der Waals surface area contributed by atoms with Gasteiger partial charge in [0.05, 0.1) is 22.7 Å². The van der Waals surface area contributed by atoms with Crippen molar-refractivity contribution in [3.05, 3.63) is 204 Å². The molecule has 15 rings (SSSR count). The fourth-order valence-electron chi connectivity index (χ4n) is 14.4. The van der Waals surface area contributed by atoms with Crippen LogP contribution in [0.1, 0.15) is 140 Å². The molecule has 10 aromatic carbocycles. The van der Waals surface area contributed by atoms with Crippen LogP contribution < -0.4 is 9.80 Å². The maximum absolute atomic E-state index is 7.37. The molecule has 0 unspecified atom stereocenters. The van der Waals surface area contributed by atoms with E-state index in [1.54, 1.807) is 0 Å². The van der Waals surface area contributed by atoms with Crippen molar-refractivity contribution in [3.63, 3.8) is 0 Å². The average Bonchev–Trinajstić information content (AvgIpc) is 4.28. The molecule has 5 heteroatoms. The van der Waals surface area contributed by atoms with Gasteiger partial charge in [-0.05, 0) is 108 Å². The van der Waals surface area contributed by atoms with E-state index in [1.165, 1.54) is 86.5 Å². The molecule has 0 radical (unpaired) electrons. The van der Waals surface area contributed by atoms with E-state index in [2.05, 4.69) is 233 Å². The summed E-state index contributed by atoms with van der Waals surface area (Å²) in [6, 6.07) is 68.0. The first-order valence-electron chi connectivity index (χ1n) is 30.0. The summed E-state index contributed by atoms with van der Waals surface area (Å²) in [7, 11) is 0. The van der Waals surface area contributed by atoms with Crippen LogP contribution in [0.5, 0.6) is 0 Å². The Kier molecular flexibility index (Phi) is 11.8. The van der Waals surface area contributed by atoms with Gasteiger partial charge in [0.1, 0.15) is 22.3 Å². The Morgan fingerprint density at radius 3 is 1.00 bits per heavy atom. The van der Waals surface area contributed by atoms with Gasteiger partial charge in [0, 0.05) is 76.4 Å². The van der Waals surface area contributed by atoms with Gasteiger partial charge in [0.15, 0.2) is 11.2 Å². The number of nitrogens with zero attached hydrogens (tertiary/aromatic N) is 2. The van der Waals surface area contributed by atoms with Crippen molar-refractivity contribution in [2.75, 3.05) is 9.80 Å². The predicted molar refractivity (Wildman–Crippen MR) is 342 cm³/mol. The molecule has 2 aliphatic carbocycles. The number of hydrogen-bond acceptors (Lipinski definition) is 5. The Balaban J connectivity index is 1.00. The number of hydrogen-bond donors (Lipinski definition) is 0. The summed E-state index contributed by atoms with van der Waals surface area (Å²) < 4.78 is 21.9. The first-order valence-corrected chi connectivity index (χ1v) is 30.0. The van der Waals surface area contributed by atoms with Gasteiger partial charge in [-0.3, -0.25) is 0 Å². The zero-order valence-electron chi connectivity index (χ0n) is 47.7. The molecule has 2 saturated carbocycles. The fraction of sp³-hybridized carbons (Fsp3) is 0.263. The zero-order chi connectivity index (χ0) is 54.7. The van der Waals surface area contributed by atoms with Crippen LogP contribution >= 0.6 is 0 Å². The summed E-state index contributed by atoms with van der Waals surface area (Å²) in [6.45, 7) is 13.6. The topological polar surface area (TPSA) is 45.9 Å². The molecule has 0 bridgehead atoms. The molecule has 0 aliphatic heterocycles. The molecule has 402 valence electrons. The lowest BCUT2D eigenvalue weighted by atomic mass is 9.84. The molecule has 2 aliphatic rings. The summed E-state index contributed by atoms with van der Waals surface area (Å²) in [4.78, 5) is 4.92. The van der Waals surface area contributed by atoms with E-state index in [0.717, 1.165) is 121 Å². The van der Waals surface area contributed by atoms with Crippen molar-refractivity contribution in [1.29, 1.82) is 0 Å². The summed E-state index contributed by atoms with van der Waals surface area (Å²) in [5.41, 5.74) is 16.7. The van der Waals surface area contributed by atoms with Gasteiger partial charge in [-0.1, -0.05) is 214 Å². The van der Waals surface area contributed by atoms with Crippen LogP contribution in [0.15, 0.2) is 195 Å². The van der Waals surface area contributed by atoms with Crippen molar-refractivity contribution in [1.82, 2.24) is 0 Å². The monoisotopic (exact) mass is 1060 g/mol. The summed E-state index contributed by atoms with van der Waals surface area (Å²) in [6.07, 6.45) is 12.8. The number of fused-ring (bicyclic) bond motifs is 13. The van der Waals surface area contributed by atoms with Crippen molar-refractivity contribution in [3.8, 4) is 0 Å². The number of furan rings is 3. The molecule has 0 saturated heterocycles. The second kappa shape index (κ2) is 19.2. The molecular weight excluding hydrogens is 989 g/mol. The van der Waals surface area contributed by atoms with E-state index in [-0.39, 0.29) is 10.8 Å². The second-order valence-electron chi connectivity index (χ2n) is 25.6. The average molecular weight is 1060 g/mol. The second-order valence-corrected chi connectivity index (χ2v) is 25.6. The summed E-state index contributed by atoms with van der Waals surface area (Å²) in [5.74, 6) is 1.17. The van der Waals surface area contributed by atoms with E-state index in [0.29, 0.717) is 11.8 Å². The summed E-state index contributed by atoms with van der Waals surface area (Å²) in [5, 5.41) is 10.9. The molecule has 3 heterocycles. The van der Waals surface area contributed by atoms with Crippen molar-refractivity contribution in [2.24, 2.45) is 0 Å². The minimum atomic E-state index is -0.114. The molecule has 0 N–H and O–H groups in total. The molecular formula is C76H70N2O3. The normalized spacial score (nSPS) is 15.2. The van der Waals surface area contributed by atoms with Crippen LogP contribution in [-0.4, -0.2) is 0 Å². The fourth-order valence-corrected chi connectivity index (χ4v) is 14.4. The Morgan fingerprint density at radius 1 is 0.296 bits per heavy atom. The minimum absolute atomic E-state index is 0.114. The van der Waals surface area contributed by atoms with Crippen molar-refractivity contribution in [2.45, 2.75) is 128 Å². The van der Waals surface area contributed by atoms with E-state index in [1.807, 2.05) is 0 Å². The van der Waals surface area contributed by atoms with Crippen LogP contribution in [0.4, 0.5) is 34.1 Å². The van der Waals surface area contributed by atoms with Crippen molar-refractivity contribution < 1.29 is 13.3 Å². The molecule has 2 fully saturated rings. The Morgan fingerprint density at radius 2 is 0.617 bits per heavy atom. The molecule has 5 nitrogen and oxygen atoms in total. The van der Waals surface area contributed by atoms with Gasteiger partial charge < -0.3 is 23.1 Å². The van der Waals surface area contributed by atoms with Gasteiger partial charge in [0.2, 0.25) is 0 Å². The summed E-state index contributed by atoms with van der Waals surface area (Å²) >= 11 is 0. The number of rotatable bonds is 8. The number of anilines is 6. The smallest absolute Gasteiger partial charge is 0.159 e. The van der Waals surface area contributed by atoms with Gasteiger partial charge in [-0.25, -0.2) is 0 Å². The van der Waals surface area contributed by atoms with E-state index in [4.69, 9.17) is 13.3 Å².